The molecule has 0 unspecified atom stereocenters. The Morgan fingerprint density at radius 3 is 2.31 bits per heavy atom. The normalized spacial score (nSPS) is 18.5. The number of aromatic nitrogens is 2. The maximum atomic E-state index is 6.24. The summed E-state index contributed by atoms with van der Waals surface area (Å²) in [6.45, 7) is 9.17. The maximum absolute atomic E-state index is 6.24. The molecule has 4 nitrogen and oxygen atoms in total. The van der Waals surface area contributed by atoms with Crippen molar-refractivity contribution < 1.29 is 9.31 Å². The summed E-state index contributed by atoms with van der Waals surface area (Å²) in [4.78, 5) is 0. The number of hydrogen-bond acceptors (Lipinski definition) is 3. The van der Waals surface area contributed by atoms with Gasteiger partial charge in [-0.05, 0) is 51.2 Å². The van der Waals surface area contributed by atoms with E-state index in [0.29, 0.717) is 0 Å². The Morgan fingerprint density at radius 2 is 1.62 bits per heavy atom. The molecule has 0 spiro atoms. The molecule has 0 atom stereocenters. The lowest BCUT2D eigenvalue weighted by Gasteiger charge is -2.32. The molecule has 134 valence electrons. The molecular formula is C21H25BN2O2. The summed E-state index contributed by atoms with van der Waals surface area (Å²) in [5, 5.41) is 5.83. The fourth-order valence-electron chi connectivity index (χ4n) is 3.29. The summed E-state index contributed by atoms with van der Waals surface area (Å²) in [6.07, 6.45) is 3.07. The average molecular weight is 348 g/mol. The number of aryl methyl sites for hydroxylation is 2. The van der Waals surface area contributed by atoms with Crippen LogP contribution in [0.4, 0.5) is 0 Å². The highest BCUT2D eigenvalue weighted by Gasteiger charge is 2.52. The van der Waals surface area contributed by atoms with E-state index in [9.17, 15) is 0 Å². The zero-order chi connectivity index (χ0) is 18.4. The molecule has 0 amide bonds. The van der Waals surface area contributed by atoms with Crippen molar-refractivity contribution >= 4 is 23.5 Å². The van der Waals surface area contributed by atoms with Crippen LogP contribution in [0.5, 0.6) is 0 Å². The lowest BCUT2D eigenvalue weighted by Crippen LogP contribution is -2.41. The van der Waals surface area contributed by atoms with Crippen LogP contribution < -0.4 is 5.46 Å². The van der Waals surface area contributed by atoms with Crippen LogP contribution in [0.25, 0.3) is 10.9 Å². The fourth-order valence-corrected chi connectivity index (χ4v) is 3.29. The summed E-state index contributed by atoms with van der Waals surface area (Å²) < 4.78 is 14.5. The highest BCUT2D eigenvalue weighted by molar-refractivity contribution is 6.65. The van der Waals surface area contributed by atoms with Crippen LogP contribution in [0.15, 0.2) is 54.7 Å². The molecule has 1 saturated heterocycles. The van der Waals surface area contributed by atoms with Gasteiger partial charge in [0.2, 0.25) is 0 Å². The Labute approximate surface area is 155 Å². The molecule has 0 radical (unpaired) electrons. The molecular weight excluding hydrogens is 323 g/mol. The van der Waals surface area contributed by atoms with E-state index >= 15 is 0 Å². The highest BCUT2D eigenvalue weighted by atomic mass is 16.7. The molecule has 26 heavy (non-hydrogen) atoms. The van der Waals surface area contributed by atoms with Crippen LogP contribution in [-0.2, 0) is 22.3 Å². The van der Waals surface area contributed by atoms with Crippen molar-refractivity contribution in [2.75, 3.05) is 0 Å². The first kappa shape index (κ1) is 17.3. The Hall–Kier alpha value is -2.11. The number of rotatable bonds is 4. The van der Waals surface area contributed by atoms with Gasteiger partial charge in [-0.2, -0.15) is 5.10 Å². The van der Waals surface area contributed by atoms with E-state index < -0.39 is 0 Å². The lowest BCUT2D eigenvalue weighted by atomic mass is 9.77. The Balaban J connectivity index is 1.60. The van der Waals surface area contributed by atoms with Gasteiger partial charge in [-0.15, -0.1) is 0 Å². The van der Waals surface area contributed by atoms with E-state index in [1.807, 2.05) is 22.9 Å². The Bertz CT molecular complexity index is 902. The van der Waals surface area contributed by atoms with Gasteiger partial charge in [0.15, 0.2) is 0 Å². The predicted molar refractivity (Wildman–Crippen MR) is 106 cm³/mol. The van der Waals surface area contributed by atoms with Crippen molar-refractivity contribution in [2.45, 2.75) is 51.9 Å². The molecule has 0 saturated carbocycles. The van der Waals surface area contributed by atoms with Gasteiger partial charge < -0.3 is 9.31 Å². The highest BCUT2D eigenvalue weighted by Crippen LogP contribution is 2.36. The van der Waals surface area contributed by atoms with Gasteiger partial charge in [0, 0.05) is 18.1 Å². The third-order valence-corrected chi connectivity index (χ3v) is 5.61. The van der Waals surface area contributed by atoms with E-state index in [1.54, 1.807) is 0 Å². The summed E-state index contributed by atoms with van der Waals surface area (Å²) >= 11 is 0. The van der Waals surface area contributed by atoms with Gasteiger partial charge in [-0.25, -0.2) is 0 Å². The number of nitrogens with zero attached hydrogens (tertiary/aromatic N) is 2. The molecule has 1 aromatic heterocycles. The summed E-state index contributed by atoms with van der Waals surface area (Å²) in [7, 11) is -0.365. The fraction of sp³-hybridized carbons (Fsp3) is 0.381. The van der Waals surface area contributed by atoms with E-state index in [1.165, 1.54) is 5.56 Å². The minimum atomic E-state index is -0.365. The third kappa shape index (κ3) is 3.06. The number of benzene rings is 2. The second-order valence-electron chi connectivity index (χ2n) is 8.00. The molecule has 1 aliphatic rings. The molecule has 2 aromatic carbocycles. The molecule has 4 rings (SSSR count). The van der Waals surface area contributed by atoms with Crippen LogP contribution in [-0.4, -0.2) is 28.1 Å². The number of fused-ring (bicyclic) bond motifs is 1. The van der Waals surface area contributed by atoms with Crippen LogP contribution in [0, 0.1) is 0 Å². The van der Waals surface area contributed by atoms with Gasteiger partial charge in [0.05, 0.1) is 16.7 Å². The van der Waals surface area contributed by atoms with Crippen molar-refractivity contribution in [1.29, 1.82) is 0 Å². The predicted octanol–water partition coefficient (Wildman–Crippen LogP) is 3.58. The van der Waals surface area contributed by atoms with Gasteiger partial charge in [0.25, 0.3) is 0 Å². The van der Waals surface area contributed by atoms with Crippen LogP contribution in [0.1, 0.15) is 33.3 Å². The average Bonchev–Trinajstić information content (AvgIpc) is 3.11. The van der Waals surface area contributed by atoms with Crippen LogP contribution >= 0.6 is 0 Å². The van der Waals surface area contributed by atoms with Crippen molar-refractivity contribution in [2.24, 2.45) is 0 Å². The summed E-state index contributed by atoms with van der Waals surface area (Å²) in [6, 6.07) is 16.6. The maximum Gasteiger partial charge on any atom is 0.495 e. The second kappa shape index (κ2) is 6.25. The van der Waals surface area contributed by atoms with E-state index in [-0.39, 0.29) is 18.3 Å². The summed E-state index contributed by atoms with van der Waals surface area (Å²) in [5.41, 5.74) is 2.65. The summed E-state index contributed by atoms with van der Waals surface area (Å²) in [5.74, 6) is 0. The SMILES string of the molecule is CC1(C)OB(c2cccc3nn(CCc4ccccc4)cc23)OC1(C)C. The monoisotopic (exact) mass is 348 g/mol. The van der Waals surface area contributed by atoms with Crippen LogP contribution in [0.2, 0.25) is 0 Å². The largest absolute Gasteiger partial charge is 0.495 e. The van der Waals surface area contributed by atoms with Crippen molar-refractivity contribution in [1.82, 2.24) is 9.78 Å². The van der Waals surface area contributed by atoms with Crippen molar-refractivity contribution in [3.63, 3.8) is 0 Å². The van der Waals surface area contributed by atoms with Gasteiger partial charge in [-0.3, -0.25) is 4.68 Å². The quantitative estimate of drug-likeness (QED) is 0.676. The molecule has 5 heteroatoms. The minimum absolute atomic E-state index is 0.344. The van der Waals surface area contributed by atoms with Gasteiger partial charge in [-0.1, -0.05) is 42.5 Å². The minimum Gasteiger partial charge on any atom is -0.399 e. The smallest absolute Gasteiger partial charge is 0.399 e. The van der Waals surface area contributed by atoms with Crippen molar-refractivity contribution in [3.8, 4) is 0 Å². The molecule has 1 aliphatic heterocycles. The zero-order valence-corrected chi connectivity index (χ0v) is 15.9. The van der Waals surface area contributed by atoms with Gasteiger partial charge in [0.1, 0.15) is 0 Å². The molecule has 0 bridgehead atoms. The Kier molecular flexibility index (Phi) is 4.16. The molecule has 3 aromatic rings. The van der Waals surface area contributed by atoms with E-state index in [4.69, 9.17) is 14.4 Å². The van der Waals surface area contributed by atoms with E-state index in [2.05, 4.69) is 64.2 Å². The number of hydrogen-bond donors (Lipinski definition) is 0. The van der Waals surface area contributed by atoms with Crippen molar-refractivity contribution in [3.05, 3.63) is 60.3 Å². The first-order valence-corrected chi connectivity index (χ1v) is 9.21. The molecule has 1 fully saturated rings. The zero-order valence-electron chi connectivity index (χ0n) is 15.9. The second-order valence-corrected chi connectivity index (χ2v) is 8.00. The standard InChI is InChI=1S/C21H25BN2O2/c1-20(2)21(3,4)26-22(25-20)18-11-8-12-19-17(18)15-24(23-19)14-13-16-9-6-5-7-10-16/h5-12,15H,13-14H2,1-4H3. The lowest BCUT2D eigenvalue weighted by molar-refractivity contribution is 0.00578. The molecule has 0 N–H and O–H groups in total. The van der Waals surface area contributed by atoms with Gasteiger partial charge >= 0.3 is 7.12 Å². The third-order valence-electron chi connectivity index (χ3n) is 5.61. The topological polar surface area (TPSA) is 36.3 Å². The molecule has 0 aliphatic carbocycles. The van der Waals surface area contributed by atoms with E-state index in [0.717, 1.165) is 29.3 Å². The Morgan fingerprint density at radius 1 is 0.923 bits per heavy atom. The first-order chi connectivity index (χ1) is 12.4. The van der Waals surface area contributed by atoms with Crippen LogP contribution in [0.3, 0.4) is 0 Å². The first-order valence-electron chi connectivity index (χ1n) is 9.21. The molecule has 2 heterocycles.